The molecule has 2 aromatic rings. The van der Waals surface area contributed by atoms with Crippen LogP contribution in [0, 0.1) is 0 Å². The fraction of sp³-hybridized carbons (Fsp3) is 0.222. The summed E-state index contributed by atoms with van der Waals surface area (Å²) in [6, 6.07) is 12.6. The van der Waals surface area contributed by atoms with Crippen molar-refractivity contribution < 1.29 is 22.7 Å². The molecule has 0 unspecified atom stereocenters. The fourth-order valence-corrected chi connectivity index (χ4v) is 2.90. The summed E-state index contributed by atoms with van der Waals surface area (Å²) in [5.74, 6) is -0.899. The van der Waals surface area contributed by atoms with Gasteiger partial charge in [0.1, 0.15) is 0 Å². The molecule has 1 N–H and O–H groups in total. The average molecular weight is 396 g/mol. The molecule has 8 heteroatoms. The summed E-state index contributed by atoms with van der Waals surface area (Å²) < 4.78 is 29.8. The second-order valence-corrected chi connectivity index (χ2v) is 7.94. The van der Waals surface area contributed by atoms with Crippen LogP contribution in [0.25, 0.3) is 0 Å². The van der Waals surface area contributed by atoms with Crippen LogP contribution in [0.5, 0.6) is 0 Å². The Hall–Kier alpha value is -2.38. The van der Waals surface area contributed by atoms with E-state index in [-0.39, 0.29) is 12.2 Å². The van der Waals surface area contributed by atoms with E-state index in [9.17, 15) is 18.0 Å². The lowest BCUT2D eigenvalue weighted by atomic mass is 10.1. The number of carbonyl (C=O) groups excluding carboxylic acids is 2. The first-order valence-electron chi connectivity index (χ1n) is 7.70. The number of benzene rings is 2. The average Bonchev–Trinajstić information content (AvgIpc) is 2.55. The first-order valence-corrected chi connectivity index (χ1v) is 9.97. The number of rotatable bonds is 7. The van der Waals surface area contributed by atoms with E-state index in [1.54, 1.807) is 24.3 Å². The highest BCUT2D eigenvalue weighted by Gasteiger charge is 2.19. The monoisotopic (exact) mass is 395 g/mol. The van der Waals surface area contributed by atoms with Crippen LogP contribution in [0.1, 0.15) is 22.8 Å². The van der Waals surface area contributed by atoms with Crippen LogP contribution in [0.2, 0.25) is 5.02 Å². The highest BCUT2D eigenvalue weighted by Crippen LogP contribution is 2.14. The van der Waals surface area contributed by atoms with Crippen molar-refractivity contribution in [1.82, 2.24) is 0 Å². The van der Waals surface area contributed by atoms with E-state index in [2.05, 4.69) is 4.72 Å². The summed E-state index contributed by atoms with van der Waals surface area (Å²) >= 11 is 5.79. The van der Waals surface area contributed by atoms with Crippen LogP contribution < -0.4 is 4.72 Å². The molecule has 2 aromatic carbocycles. The largest absolute Gasteiger partial charge is 0.454 e. The van der Waals surface area contributed by atoms with Crippen molar-refractivity contribution in [3.63, 3.8) is 0 Å². The first kappa shape index (κ1) is 19.9. The van der Waals surface area contributed by atoms with Crippen LogP contribution in [0.4, 0.5) is 5.69 Å². The molecule has 0 aliphatic rings. The van der Waals surface area contributed by atoms with Crippen LogP contribution in [-0.4, -0.2) is 32.5 Å². The van der Waals surface area contributed by atoms with Crippen LogP contribution in [0.3, 0.4) is 0 Å². The molecule has 0 spiro atoms. The molecule has 0 aromatic heterocycles. The number of anilines is 1. The Kier molecular flexibility index (Phi) is 6.39. The third kappa shape index (κ3) is 6.16. The third-order valence-corrected chi connectivity index (χ3v) is 4.27. The zero-order valence-electron chi connectivity index (χ0n) is 14.2. The third-order valence-electron chi connectivity index (χ3n) is 3.41. The smallest absolute Gasteiger partial charge is 0.310 e. The predicted octanol–water partition coefficient (Wildman–Crippen LogP) is 3.07. The first-order chi connectivity index (χ1) is 12.1. The minimum atomic E-state index is -3.39. The quantitative estimate of drug-likeness (QED) is 0.574. The number of sulfonamides is 1. The second kappa shape index (κ2) is 8.33. The zero-order valence-corrected chi connectivity index (χ0v) is 15.8. The van der Waals surface area contributed by atoms with Gasteiger partial charge in [-0.05, 0) is 48.9 Å². The topological polar surface area (TPSA) is 89.5 Å². The van der Waals surface area contributed by atoms with Crippen LogP contribution in [0.15, 0.2) is 48.5 Å². The number of ether oxygens (including phenoxy) is 1. The van der Waals surface area contributed by atoms with Crippen molar-refractivity contribution in [3.05, 3.63) is 64.7 Å². The Balaban J connectivity index is 1.95. The minimum Gasteiger partial charge on any atom is -0.454 e. The number of hydrogen-bond acceptors (Lipinski definition) is 5. The van der Waals surface area contributed by atoms with Crippen molar-refractivity contribution in [3.8, 4) is 0 Å². The summed E-state index contributed by atoms with van der Waals surface area (Å²) in [6.45, 7) is 1.49. The molecule has 2 rings (SSSR count). The molecule has 0 aliphatic carbocycles. The number of ketones is 1. The second-order valence-electron chi connectivity index (χ2n) is 5.75. The van der Waals surface area contributed by atoms with Crippen molar-refractivity contribution in [2.45, 2.75) is 19.4 Å². The lowest BCUT2D eigenvalue weighted by molar-refractivity contribution is -0.145. The van der Waals surface area contributed by atoms with Crippen molar-refractivity contribution >= 4 is 39.1 Å². The highest BCUT2D eigenvalue weighted by atomic mass is 35.5. The molecule has 0 radical (unpaired) electrons. The number of carbonyl (C=O) groups is 2. The number of esters is 1. The number of hydrogen-bond donors (Lipinski definition) is 1. The summed E-state index contributed by atoms with van der Waals surface area (Å²) in [7, 11) is -3.39. The molecule has 0 heterocycles. The van der Waals surface area contributed by atoms with Gasteiger partial charge in [-0.3, -0.25) is 14.3 Å². The summed E-state index contributed by atoms with van der Waals surface area (Å²) in [5.41, 5.74) is 1.39. The van der Waals surface area contributed by atoms with Gasteiger partial charge < -0.3 is 4.74 Å². The van der Waals surface area contributed by atoms with E-state index in [1.807, 2.05) is 0 Å². The van der Waals surface area contributed by atoms with Gasteiger partial charge in [0.05, 0.1) is 12.7 Å². The van der Waals surface area contributed by atoms with Gasteiger partial charge in [-0.15, -0.1) is 0 Å². The predicted molar refractivity (Wildman–Crippen MR) is 99.9 cm³/mol. The van der Waals surface area contributed by atoms with E-state index >= 15 is 0 Å². The summed E-state index contributed by atoms with van der Waals surface area (Å²) in [4.78, 5) is 24.3. The number of Topliss-reactive ketones (excluding diaryl/α,β-unsaturated/α-hetero) is 1. The SMILES string of the molecule is C[C@@H](OC(=O)Cc1ccc(Cl)cc1)C(=O)c1ccc(NS(C)(=O)=O)cc1. The van der Waals surface area contributed by atoms with Gasteiger partial charge >= 0.3 is 5.97 Å². The van der Waals surface area contributed by atoms with Crippen LogP contribution >= 0.6 is 11.6 Å². The standard InChI is InChI=1S/C18H18ClNO5S/c1-12(25-17(21)11-13-3-7-15(19)8-4-13)18(22)14-5-9-16(10-6-14)20-26(2,23)24/h3-10,12,20H,11H2,1-2H3/t12-/m1/s1. The van der Waals surface area contributed by atoms with Crippen molar-refractivity contribution in [1.29, 1.82) is 0 Å². The van der Waals surface area contributed by atoms with Crippen molar-refractivity contribution in [2.24, 2.45) is 0 Å². The van der Waals surface area contributed by atoms with Crippen LogP contribution in [-0.2, 0) is 26.0 Å². The molecule has 26 heavy (non-hydrogen) atoms. The number of nitrogens with one attached hydrogen (secondary N) is 1. The van der Waals surface area contributed by atoms with Gasteiger partial charge in [-0.25, -0.2) is 8.42 Å². The fourth-order valence-electron chi connectivity index (χ4n) is 2.21. The molecule has 138 valence electrons. The van der Waals surface area contributed by atoms with E-state index in [1.165, 1.54) is 31.2 Å². The number of halogens is 1. The Bertz CT molecular complexity index is 892. The lowest BCUT2D eigenvalue weighted by Crippen LogP contribution is -2.25. The molecular weight excluding hydrogens is 378 g/mol. The minimum absolute atomic E-state index is 0.0337. The van der Waals surface area contributed by atoms with E-state index < -0.39 is 22.1 Å². The Morgan fingerprint density at radius 2 is 1.65 bits per heavy atom. The lowest BCUT2D eigenvalue weighted by Gasteiger charge is -2.13. The molecule has 0 fully saturated rings. The van der Waals surface area contributed by atoms with Gasteiger partial charge in [0.2, 0.25) is 15.8 Å². The summed E-state index contributed by atoms with van der Waals surface area (Å²) in [6.07, 6.45) is 0.115. The van der Waals surface area contributed by atoms with Gasteiger partial charge in [-0.2, -0.15) is 0 Å². The van der Waals surface area contributed by atoms with Gasteiger partial charge in [0.15, 0.2) is 6.10 Å². The normalized spacial score (nSPS) is 12.3. The van der Waals surface area contributed by atoms with Gasteiger partial charge in [0.25, 0.3) is 0 Å². The maximum atomic E-state index is 12.3. The van der Waals surface area contributed by atoms with E-state index in [0.29, 0.717) is 16.3 Å². The Morgan fingerprint density at radius 3 is 2.19 bits per heavy atom. The molecular formula is C18H18ClNO5S. The van der Waals surface area contributed by atoms with Crippen molar-refractivity contribution in [2.75, 3.05) is 11.0 Å². The molecule has 0 bridgehead atoms. The van der Waals surface area contributed by atoms with E-state index in [0.717, 1.165) is 11.8 Å². The Labute approximate surface area is 157 Å². The zero-order chi connectivity index (χ0) is 19.3. The highest BCUT2D eigenvalue weighted by molar-refractivity contribution is 7.92. The molecule has 1 atom stereocenters. The molecule has 0 saturated carbocycles. The maximum Gasteiger partial charge on any atom is 0.310 e. The molecule has 0 saturated heterocycles. The molecule has 6 nitrogen and oxygen atoms in total. The molecule has 0 aliphatic heterocycles. The van der Waals surface area contributed by atoms with E-state index in [4.69, 9.17) is 16.3 Å². The summed E-state index contributed by atoms with van der Waals surface area (Å²) in [5, 5.41) is 0.569. The van der Waals surface area contributed by atoms with Gasteiger partial charge in [-0.1, -0.05) is 23.7 Å². The Morgan fingerprint density at radius 1 is 1.08 bits per heavy atom. The van der Waals surface area contributed by atoms with Gasteiger partial charge in [0, 0.05) is 16.3 Å². The molecule has 0 amide bonds. The maximum absolute atomic E-state index is 12.3.